The van der Waals surface area contributed by atoms with Gasteiger partial charge in [0.25, 0.3) is 0 Å². The van der Waals surface area contributed by atoms with Crippen LogP contribution in [0.5, 0.6) is 0 Å². The van der Waals surface area contributed by atoms with Crippen molar-refractivity contribution in [1.29, 1.82) is 0 Å². The molecule has 2 N–H and O–H groups in total. The fraction of sp³-hybridized carbons (Fsp3) is 0.357. The zero-order valence-electron chi connectivity index (χ0n) is 10.4. The van der Waals surface area contributed by atoms with Gasteiger partial charge in [-0.15, -0.1) is 0 Å². The molecule has 0 aliphatic heterocycles. The maximum absolute atomic E-state index is 11.3. The van der Waals surface area contributed by atoms with Gasteiger partial charge >= 0.3 is 5.97 Å². The van der Waals surface area contributed by atoms with Gasteiger partial charge in [0.1, 0.15) is 0 Å². The average Bonchev–Trinajstić information content (AvgIpc) is 2.69. The first-order chi connectivity index (χ1) is 8.04. The first kappa shape index (κ1) is 11.7. The van der Waals surface area contributed by atoms with Gasteiger partial charge in [0.2, 0.25) is 0 Å². The molecule has 0 aliphatic carbocycles. The van der Waals surface area contributed by atoms with Crippen LogP contribution in [0.4, 0.5) is 0 Å². The monoisotopic (exact) mass is 231 g/mol. The molecule has 90 valence electrons. The minimum atomic E-state index is -0.873. The first-order valence-corrected chi connectivity index (χ1v) is 5.91. The minimum absolute atomic E-state index is 0.331. The van der Waals surface area contributed by atoms with Crippen molar-refractivity contribution < 1.29 is 9.90 Å². The number of carbonyl (C=O) groups is 1. The molecule has 1 aromatic heterocycles. The zero-order valence-corrected chi connectivity index (χ0v) is 10.4. The fourth-order valence-corrected chi connectivity index (χ4v) is 2.10. The molecule has 3 nitrogen and oxygen atoms in total. The van der Waals surface area contributed by atoms with E-state index in [0.29, 0.717) is 11.5 Å². The summed E-state index contributed by atoms with van der Waals surface area (Å²) in [5.41, 5.74) is 3.35. The highest BCUT2D eigenvalue weighted by molar-refractivity contribution is 6.03. The van der Waals surface area contributed by atoms with Crippen LogP contribution >= 0.6 is 0 Å². The molecule has 0 bridgehead atoms. The van der Waals surface area contributed by atoms with Crippen LogP contribution in [0.2, 0.25) is 0 Å². The van der Waals surface area contributed by atoms with Gasteiger partial charge in [-0.3, -0.25) is 0 Å². The normalized spacial score (nSPS) is 11.3. The average molecular weight is 231 g/mol. The lowest BCUT2D eigenvalue weighted by Gasteiger charge is -2.08. The van der Waals surface area contributed by atoms with E-state index in [1.165, 1.54) is 5.56 Å². The van der Waals surface area contributed by atoms with E-state index in [1.54, 1.807) is 6.07 Å². The molecule has 0 fully saturated rings. The zero-order chi connectivity index (χ0) is 12.6. The van der Waals surface area contributed by atoms with Crippen molar-refractivity contribution in [3.63, 3.8) is 0 Å². The number of carboxylic acids is 1. The summed E-state index contributed by atoms with van der Waals surface area (Å²) in [6.07, 6.45) is 2.81. The van der Waals surface area contributed by atoms with E-state index < -0.39 is 5.97 Å². The van der Waals surface area contributed by atoms with E-state index in [-0.39, 0.29) is 0 Å². The maximum atomic E-state index is 11.3. The van der Waals surface area contributed by atoms with Crippen molar-refractivity contribution in [2.24, 2.45) is 0 Å². The second kappa shape index (κ2) is 4.24. The lowest BCUT2D eigenvalue weighted by molar-refractivity contribution is 0.0698. The Labute approximate surface area is 100 Å². The first-order valence-electron chi connectivity index (χ1n) is 5.91. The number of aryl methyl sites for hydroxylation is 1. The molecule has 2 aromatic rings. The van der Waals surface area contributed by atoms with Gasteiger partial charge in [0.15, 0.2) is 0 Å². The van der Waals surface area contributed by atoms with E-state index in [9.17, 15) is 9.90 Å². The number of hydrogen-bond donors (Lipinski definition) is 2. The molecule has 0 saturated heterocycles. The quantitative estimate of drug-likeness (QED) is 0.848. The van der Waals surface area contributed by atoms with Crippen LogP contribution in [0.25, 0.3) is 10.9 Å². The fourth-order valence-electron chi connectivity index (χ4n) is 2.10. The molecule has 1 aromatic carbocycles. The van der Waals surface area contributed by atoms with E-state index in [2.05, 4.69) is 31.8 Å². The third-order valence-corrected chi connectivity index (χ3v) is 3.18. The molecule has 2 rings (SSSR count). The van der Waals surface area contributed by atoms with Gasteiger partial charge in [-0.2, -0.15) is 0 Å². The third kappa shape index (κ3) is 1.93. The largest absolute Gasteiger partial charge is 0.478 e. The number of fused-ring (bicyclic) bond motifs is 1. The standard InChI is InChI=1S/C14H17NO2/c1-4-9-7-15-13-11(9)5-10(8(2)3)6-12(13)14(16)17/h5-8,15H,4H2,1-3H3,(H,16,17). The number of H-pyrrole nitrogens is 1. The third-order valence-electron chi connectivity index (χ3n) is 3.18. The predicted octanol–water partition coefficient (Wildman–Crippen LogP) is 3.55. The van der Waals surface area contributed by atoms with Crippen LogP contribution in [0, 0.1) is 0 Å². The Morgan fingerprint density at radius 1 is 1.41 bits per heavy atom. The molecule has 0 atom stereocenters. The highest BCUT2D eigenvalue weighted by atomic mass is 16.4. The number of aromatic nitrogens is 1. The molecular formula is C14H17NO2. The number of hydrogen-bond acceptors (Lipinski definition) is 1. The van der Waals surface area contributed by atoms with E-state index in [1.807, 2.05) is 6.20 Å². The predicted molar refractivity (Wildman–Crippen MR) is 68.7 cm³/mol. The van der Waals surface area contributed by atoms with Crippen molar-refractivity contribution in [3.8, 4) is 0 Å². The minimum Gasteiger partial charge on any atom is -0.478 e. The maximum Gasteiger partial charge on any atom is 0.337 e. The summed E-state index contributed by atoms with van der Waals surface area (Å²) in [6.45, 7) is 6.22. The van der Waals surface area contributed by atoms with Crippen molar-refractivity contribution >= 4 is 16.9 Å². The molecule has 0 unspecified atom stereocenters. The van der Waals surface area contributed by atoms with Crippen molar-refractivity contribution in [2.75, 3.05) is 0 Å². The lowest BCUT2D eigenvalue weighted by atomic mass is 9.96. The summed E-state index contributed by atoms with van der Waals surface area (Å²) < 4.78 is 0. The summed E-state index contributed by atoms with van der Waals surface area (Å²) >= 11 is 0. The highest BCUT2D eigenvalue weighted by Gasteiger charge is 2.15. The number of carboxylic acid groups (broad SMARTS) is 1. The Balaban J connectivity index is 2.78. The smallest absolute Gasteiger partial charge is 0.337 e. The number of nitrogens with one attached hydrogen (secondary N) is 1. The summed E-state index contributed by atoms with van der Waals surface area (Å²) in [5, 5.41) is 10.3. The SMILES string of the molecule is CCc1c[nH]c2c(C(=O)O)cc(C(C)C)cc12. The van der Waals surface area contributed by atoms with E-state index in [4.69, 9.17) is 0 Å². The highest BCUT2D eigenvalue weighted by Crippen LogP contribution is 2.27. The van der Waals surface area contributed by atoms with Gasteiger partial charge in [0.05, 0.1) is 11.1 Å². The molecule has 17 heavy (non-hydrogen) atoms. The Kier molecular flexibility index (Phi) is 2.92. The van der Waals surface area contributed by atoms with E-state index in [0.717, 1.165) is 22.9 Å². The van der Waals surface area contributed by atoms with Crippen molar-refractivity contribution in [2.45, 2.75) is 33.1 Å². The topological polar surface area (TPSA) is 53.1 Å². The number of benzene rings is 1. The van der Waals surface area contributed by atoms with Crippen LogP contribution in [0.1, 0.15) is 48.2 Å². The molecule has 0 radical (unpaired) electrons. The van der Waals surface area contributed by atoms with Crippen LogP contribution in [0.3, 0.4) is 0 Å². The molecule has 0 saturated carbocycles. The summed E-state index contributed by atoms with van der Waals surface area (Å²) in [5.74, 6) is -0.542. The summed E-state index contributed by atoms with van der Waals surface area (Å²) in [4.78, 5) is 14.3. The lowest BCUT2D eigenvalue weighted by Crippen LogP contribution is -2.00. The Hall–Kier alpha value is -1.77. The van der Waals surface area contributed by atoms with Crippen molar-refractivity contribution in [1.82, 2.24) is 4.98 Å². The Morgan fingerprint density at radius 3 is 2.65 bits per heavy atom. The van der Waals surface area contributed by atoms with Gasteiger partial charge in [-0.25, -0.2) is 4.79 Å². The molecule has 1 heterocycles. The Morgan fingerprint density at radius 2 is 2.12 bits per heavy atom. The van der Waals surface area contributed by atoms with E-state index >= 15 is 0 Å². The van der Waals surface area contributed by atoms with Crippen LogP contribution in [-0.2, 0) is 6.42 Å². The van der Waals surface area contributed by atoms with Gasteiger partial charge < -0.3 is 10.1 Å². The van der Waals surface area contributed by atoms with Gasteiger partial charge in [-0.05, 0) is 35.6 Å². The van der Waals surface area contributed by atoms with Crippen molar-refractivity contribution in [3.05, 3.63) is 35.0 Å². The second-order valence-corrected chi connectivity index (χ2v) is 4.62. The number of aromatic amines is 1. The number of rotatable bonds is 3. The summed E-state index contributed by atoms with van der Waals surface area (Å²) in [6, 6.07) is 3.87. The molecular weight excluding hydrogens is 214 g/mol. The molecule has 0 aliphatic rings. The second-order valence-electron chi connectivity index (χ2n) is 4.62. The van der Waals surface area contributed by atoms with Crippen LogP contribution < -0.4 is 0 Å². The molecule has 0 spiro atoms. The van der Waals surface area contributed by atoms with Gasteiger partial charge in [-0.1, -0.05) is 20.8 Å². The molecule has 0 amide bonds. The molecule has 3 heteroatoms. The van der Waals surface area contributed by atoms with Crippen LogP contribution in [0.15, 0.2) is 18.3 Å². The summed E-state index contributed by atoms with van der Waals surface area (Å²) in [7, 11) is 0. The van der Waals surface area contributed by atoms with Crippen LogP contribution in [-0.4, -0.2) is 16.1 Å². The Bertz CT molecular complexity index is 567. The van der Waals surface area contributed by atoms with Gasteiger partial charge in [0, 0.05) is 11.6 Å². The number of aromatic carboxylic acids is 1.